The van der Waals surface area contributed by atoms with Gasteiger partial charge in [-0.2, -0.15) is 0 Å². The molecule has 0 bridgehead atoms. The number of nitrogens with one attached hydrogen (secondary N) is 1. The predicted molar refractivity (Wildman–Crippen MR) is 78.4 cm³/mol. The highest BCUT2D eigenvalue weighted by atomic mass is 35.5. The molecular formula is C15H14Cl2FN. The van der Waals surface area contributed by atoms with Crippen LogP contribution in [0.25, 0.3) is 0 Å². The van der Waals surface area contributed by atoms with Gasteiger partial charge in [-0.1, -0.05) is 60.5 Å². The Morgan fingerprint density at radius 1 is 1.00 bits per heavy atom. The summed E-state index contributed by atoms with van der Waals surface area (Å²) in [7, 11) is 0. The summed E-state index contributed by atoms with van der Waals surface area (Å²) in [6, 6.07) is 12.1. The van der Waals surface area contributed by atoms with E-state index in [1.807, 2.05) is 25.1 Å². The van der Waals surface area contributed by atoms with Gasteiger partial charge < -0.3 is 5.32 Å². The minimum Gasteiger partial charge on any atom is -0.306 e. The number of halogens is 3. The fraction of sp³-hybridized carbons (Fsp3) is 0.200. The molecule has 0 saturated heterocycles. The van der Waals surface area contributed by atoms with Crippen LogP contribution in [0.2, 0.25) is 10.0 Å². The molecule has 19 heavy (non-hydrogen) atoms. The second-order valence-corrected chi connectivity index (χ2v) is 4.97. The van der Waals surface area contributed by atoms with Gasteiger partial charge in [0.25, 0.3) is 0 Å². The van der Waals surface area contributed by atoms with Crippen molar-refractivity contribution in [3.8, 4) is 0 Å². The van der Waals surface area contributed by atoms with E-state index in [1.165, 1.54) is 6.07 Å². The van der Waals surface area contributed by atoms with Crippen molar-refractivity contribution in [2.75, 3.05) is 6.54 Å². The van der Waals surface area contributed by atoms with Crippen LogP contribution < -0.4 is 5.32 Å². The summed E-state index contributed by atoms with van der Waals surface area (Å²) in [5.41, 5.74) is 1.34. The number of benzene rings is 2. The summed E-state index contributed by atoms with van der Waals surface area (Å²) in [5.74, 6) is -0.407. The maximum Gasteiger partial charge on any atom is 0.146 e. The van der Waals surface area contributed by atoms with Crippen LogP contribution in [0.3, 0.4) is 0 Å². The first-order valence-electron chi connectivity index (χ1n) is 6.06. The van der Waals surface area contributed by atoms with E-state index in [2.05, 4.69) is 5.32 Å². The van der Waals surface area contributed by atoms with Gasteiger partial charge in [0.15, 0.2) is 0 Å². The zero-order valence-electron chi connectivity index (χ0n) is 10.5. The monoisotopic (exact) mass is 297 g/mol. The SMILES string of the molecule is CCNC(c1ccccc1Cl)c1cccc(Cl)c1F. The molecule has 0 aliphatic heterocycles. The molecule has 2 aromatic rings. The van der Waals surface area contributed by atoms with Gasteiger partial charge in [0.1, 0.15) is 5.82 Å². The predicted octanol–water partition coefficient (Wildman–Crippen LogP) is 4.83. The fourth-order valence-corrected chi connectivity index (χ4v) is 2.47. The van der Waals surface area contributed by atoms with Crippen molar-refractivity contribution in [1.29, 1.82) is 0 Å². The topological polar surface area (TPSA) is 12.0 Å². The third kappa shape index (κ3) is 3.08. The molecule has 100 valence electrons. The van der Waals surface area contributed by atoms with Crippen molar-refractivity contribution >= 4 is 23.2 Å². The van der Waals surface area contributed by atoms with Gasteiger partial charge in [-0.15, -0.1) is 0 Å². The number of hydrogen-bond donors (Lipinski definition) is 1. The van der Waals surface area contributed by atoms with Crippen LogP contribution in [0.4, 0.5) is 4.39 Å². The van der Waals surface area contributed by atoms with E-state index in [9.17, 15) is 4.39 Å². The molecule has 0 amide bonds. The highest BCUT2D eigenvalue weighted by Crippen LogP contribution is 2.31. The molecule has 0 fully saturated rings. The molecule has 1 unspecified atom stereocenters. The molecule has 0 aliphatic carbocycles. The largest absolute Gasteiger partial charge is 0.306 e. The van der Waals surface area contributed by atoms with E-state index < -0.39 is 5.82 Å². The lowest BCUT2D eigenvalue weighted by molar-refractivity contribution is 0.559. The van der Waals surface area contributed by atoms with Crippen LogP contribution in [-0.2, 0) is 0 Å². The Bertz CT molecular complexity index is 572. The lowest BCUT2D eigenvalue weighted by Gasteiger charge is -2.21. The lowest BCUT2D eigenvalue weighted by atomic mass is 9.98. The van der Waals surface area contributed by atoms with Crippen LogP contribution >= 0.6 is 23.2 Å². The second-order valence-electron chi connectivity index (χ2n) is 4.16. The van der Waals surface area contributed by atoms with Gasteiger partial charge in [-0.05, 0) is 24.2 Å². The van der Waals surface area contributed by atoms with E-state index in [0.717, 1.165) is 5.56 Å². The smallest absolute Gasteiger partial charge is 0.146 e. The third-order valence-corrected chi connectivity index (χ3v) is 3.55. The average molecular weight is 298 g/mol. The lowest BCUT2D eigenvalue weighted by Crippen LogP contribution is -2.23. The molecular weight excluding hydrogens is 284 g/mol. The van der Waals surface area contributed by atoms with E-state index in [-0.39, 0.29) is 11.1 Å². The van der Waals surface area contributed by atoms with E-state index in [4.69, 9.17) is 23.2 Å². The molecule has 1 N–H and O–H groups in total. The summed E-state index contributed by atoms with van der Waals surface area (Å²) < 4.78 is 14.2. The number of rotatable bonds is 4. The van der Waals surface area contributed by atoms with Gasteiger partial charge in [-0.25, -0.2) is 4.39 Å². The molecule has 0 aliphatic rings. The Morgan fingerprint density at radius 3 is 2.32 bits per heavy atom. The third-order valence-electron chi connectivity index (χ3n) is 2.92. The van der Waals surface area contributed by atoms with Crippen molar-refractivity contribution < 1.29 is 4.39 Å². The van der Waals surface area contributed by atoms with Gasteiger partial charge in [0, 0.05) is 10.6 Å². The first kappa shape index (κ1) is 14.3. The first-order chi connectivity index (χ1) is 9.15. The summed E-state index contributed by atoms with van der Waals surface area (Å²) in [6.45, 7) is 2.66. The Labute approximate surface area is 122 Å². The van der Waals surface area contributed by atoms with Crippen molar-refractivity contribution in [2.45, 2.75) is 13.0 Å². The van der Waals surface area contributed by atoms with E-state index >= 15 is 0 Å². The Kier molecular flexibility index (Phi) is 4.81. The molecule has 2 aromatic carbocycles. The highest BCUT2D eigenvalue weighted by Gasteiger charge is 2.20. The molecule has 1 atom stereocenters. The van der Waals surface area contributed by atoms with Crippen LogP contribution in [-0.4, -0.2) is 6.54 Å². The van der Waals surface area contributed by atoms with Gasteiger partial charge in [0.05, 0.1) is 11.1 Å². The molecule has 2 rings (SSSR count). The summed E-state index contributed by atoms with van der Waals surface area (Å²) in [4.78, 5) is 0. The maximum absolute atomic E-state index is 14.2. The van der Waals surface area contributed by atoms with Gasteiger partial charge in [-0.3, -0.25) is 0 Å². The fourth-order valence-electron chi connectivity index (χ4n) is 2.04. The summed E-state index contributed by atoms with van der Waals surface area (Å²) in [6.07, 6.45) is 0. The van der Waals surface area contributed by atoms with Crippen LogP contribution in [0, 0.1) is 5.82 Å². The number of hydrogen-bond acceptors (Lipinski definition) is 1. The molecule has 1 nitrogen and oxygen atoms in total. The molecule has 4 heteroatoms. The minimum atomic E-state index is -0.407. The zero-order valence-corrected chi connectivity index (χ0v) is 12.0. The molecule has 0 saturated carbocycles. The minimum absolute atomic E-state index is 0.118. The van der Waals surface area contributed by atoms with Crippen molar-refractivity contribution in [3.05, 3.63) is 69.5 Å². The van der Waals surface area contributed by atoms with Crippen LogP contribution in [0.15, 0.2) is 42.5 Å². The molecule has 0 radical (unpaired) electrons. The molecule has 0 heterocycles. The standard InChI is InChI=1S/C15H14Cl2FN/c1-2-19-15(10-6-3-4-8-12(10)16)11-7-5-9-13(17)14(11)18/h3-9,15,19H,2H2,1H3. The second kappa shape index (κ2) is 6.38. The van der Waals surface area contributed by atoms with E-state index in [1.54, 1.807) is 18.2 Å². The normalized spacial score (nSPS) is 12.4. The summed E-state index contributed by atoms with van der Waals surface area (Å²) in [5, 5.41) is 3.96. The molecule has 0 aromatic heterocycles. The van der Waals surface area contributed by atoms with Crippen molar-refractivity contribution in [2.24, 2.45) is 0 Å². The Morgan fingerprint density at radius 2 is 1.63 bits per heavy atom. The average Bonchev–Trinajstić information content (AvgIpc) is 2.41. The highest BCUT2D eigenvalue weighted by molar-refractivity contribution is 6.31. The van der Waals surface area contributed by atoms with E-state index in [0.29, 0.717) is 17.1 Å². The zero-order chi connectivity index (χ0) is 13.8. The van der Waals surface area contributed by atoms with Crippen LogP contribution in [0.1, 0.15) is 24.1 Å². The van der Waals surface area contributed by atoms with Gasteiger partial charge in [0.2, 0.25) is 0 Å². The maximum atomic E-state index is 14.2. The van der Waals surface area contributed by atoms with Crippen LogP contribution in [0.5, 0.6) is 0 Å². The first-order valence-corrected chi connectivity index (χ1v) is 6.82. The molecule has 0 spiro atoms. The Balaban J connectivity index is 2.52. The van der Waals surface area contributed by atoms with Gasteiger partial charge >= 0.3 is 0 Å². The summed E-state index contributed by atoms with van der Waals surface area (Å²) >= 11 is 12.1. The van der Waals surface area contributed by atoms with Crippen molar-refractivity contribution in [1.82, 2.24) is 5.32 Å². The quantitative estimate of drug-likeness (QED) is 0.852. The van der Waals surface area contributed by atoms with Crippen molar-refractivity contribution in [3.63, 3.8) is 0 Å². The Hall–Kier alpha value is -1.09.